The molecule has 36 heavy (non-hydrogen) atoms. The van der Waals surface area contributed by atoms with Crippen molar-refractivity contribution in [1.29, 1.82) is 0 Å². The molecule has 7 nitrogen and oxygen atoms in total. The Hall–Kier alpha value is -3.00. The number of carbonyl (C=O) groups is 4. The van der Waals surface area contributed by atoms with Gasteiger partial charge in [-0.3, -0.25) is 19.3 Å². The van der Waals surface area contributed by atoms with Gasteiger partial charge in [0.25, 0.3) is 11.8 Å². The highest BCUT2D eigenvalue weighted by Gasteiger charge is 2.35. The second kappa shape index (κ2) is 10.5. The van der Waals surface area contributed by atoms with Gasteiger partial charge in [0.2, 0.25) is 5.91 Å². The van der Waals surface area contributed by atoms with E-state index >= 15 is 0 Å². The van der Waals surface area contributed by atoms with Crippen LogP contribution in [0.3, 0.4) is 0 Å². The monoisotopic (exact) mass is 510 g/mol. The highest BCUT2D eigenvalue weighted by molar-refractivity contribution is 7.17. The number of nitrogens with zero attached hydrogens (tertiary/aromatic N) is 1. The van der Waals surface area contributed by atoms with Crippen LogP contribution in [0, 0.1) is 11.3 Å². The third-order valence-corrected chi connectivity index (χ3v) is 8.47. The van der Waals surface area contributed by atoms with Gasteiger partial charge in [0, 0.05) is 17.8 Å². The fourth-order valence-corrected chi connectivity index (χ4v) is 6.43. The first-order valence-corrected chi connectivity index (χ1v) is 13.4. The minimum atomic E-state index is -0.405. The fourth-order valence-electron chi connectivity index (χ4n) is 5.09. The van der Waals surface area contributed by atoms with Crippen LogP contribution in [-0.2, 0) is 22.4 Å². The lowest BCUT2D eigenvalue weighted by atomic mass is 9.72. The van der Waals surface area contributed by atoms with E-state index in [-0.39, 0.29) is 23.1 Å². The third-order valence-electron chi connectivity index (χ3n) is 7.30. The molecule has 0 bridgehead atoms. The van der Waals surface area contributed by atoms with Crippen LogP contribution in [0.4, 0.5) is 5.00 Å². The van der Waals surface area contributed by atoms with Crippen LogP contribution >= 0.6 is 11.3 Å². The number of nitrogens with one attached hydrogen (secondary N) is 1. The molecule has 0 fully saturated rings. The van der Waals surface area contributed by atoms with Gasteiger partial charge in [0.15, 0.2) is 0 Å². The van der Waals surface area contributed by atoms with E-state index in [9.17, 15) is 19.2 Å². The Kier molecular flexibility index (Phi) is 7.64. The van der Waals surface area contributed by atoms with Gasteiger partial charge in [-0.1, -0.05) is 39.3 Å². The zero-order valence-electron chi connectivity index (χ0n) is 21.4. The summed E-state index contributed by atoms with van der Waals surface area (Å²) < 4.78 is 5.04. The van der Waals surface area contributed by atoms with Gasteiger partial charge >= 0.3 is 5.97 Å². The molecule has 0 radical (unpaired) electrons. The van der Waals surface area contributed by atoms with Crippen LogP contribution in [0.2, 0.25) is 0 Å². The average Bonchev–Trinajstić information content (AvgIpc) is 3.32. The molecular weight excluding hydrogens is 476 g/mol. The van der Waals surface area contributed by atoms with E-state index in [1.807, 2.05) is 0 Å². The molecule has 2 aromatic rings. The van der Waals surface area contributed by atoms with Gasteiger partial charge in [0.1, 0.15) is 5.00 Å². The number of amides is 3. The fraction of sp³-hybridized carbons (Fsp3) is 0.500. The van der Waals surface area contributed by atoms with Crippen molar-refractivity contribution in [2.24, 2.45) is 11.3 Å². The molecule has 1 N–H and O–H groups in total. The summed E-state index contributed by atoms with van der Waals surface area (Å²) in [6.07, 6.45) is 4.99. The van der Waals surface area contributed by atoms with Crippen molar-refractivity contribution >= 4 is 40.0 Å². The van der Waals surface area contributed by atoms with E-state index in [0.717, 1.165) is 29.7 Å². The second-order valence-electron chi connectivity index (χ2n) is 10.7. The summed E-state index contributed by atoms with van der Waals surface area (Å²) in [5.41, 5.74) is 2.61. The van der Waals surface area contributed by atoms with Gasteiger partial charge in [-0.2, -0.15) is 0 Å². The molecule has 1 aromatic heterocycles. The number of imide groups is 1. The molecule has 1 atom stereocenters. The molecule has 1 aromatic carbocycles. The maximum Gasteiger partial charge on any atom is 0.341 e. The zero-order valence-corrected chi connectivity index (χ0v) is 22.3. The second-order valence-corrected chi connectivity index (χ2v) is 11.8. The van der Waals surface area contributed by atoms with E-state index < -0.39 is 5.97 Å². The molecule has 1 aliphatic carbocycles. The molecule has 4 rings (SSSR count). The van der Waals surface area contributed by atoms with Crippen molar-refractivity contribution in [1.82, 2.24) is 4.90 Å². The minimum absolute atomic E-state index is 0.146. The van der Waals surface area contributed by atoms with Crippen molar-refractivity contribution in [3.05, 3.63) is 51.4 Å². The number of thiophene rings is 1. The number of hydrogen-bond donors (Lipinski definition) is 1. The van der Waals surface area contributed by atoms with E-state index in [1.54, 1.807) is 24.3 Å². The highest BCUT2D eigenvalue weighted by Crippen LogP contribution is 2.44. The molecule has 2 heterocycles. The Morgan fingerprint density at radius 1 is 1.08 bits per heavy atom. The van der Waals surface area contributed by atoms with Crippen LogP contribution in [0.5, 0.6) is 0 Å². The normalized spacial score (nSPS) is 17.1. The number of rotatable bonds is 8. The number of benzene rings is 1. The first-order valence-electron chi connectivity index (χ1n) is 12.6. The molecule has 2 aliphatic rings. The molecule has 0 spiro atoms. The Bertz CT molecular complexity index is 1160. The number of carbonyl (C=O) groups excluding carboxylic acids is 4. The van der Waals surface area contributed by atoms with Crippen LogP contribution in [0.25, 0.3) is 0 Å². The summed E-state index contributed by atoms with van der Waals surface area (Å²) in [5.74, 6) is -0.525. The van der Waals surface area contributed by atoms with E-state index in [4.69, 9.17) is 4.74 Å². The lowest BCUT2D eigenvalue weighted by Crippen LogP contribution is -2.30. The summed E-state index contributed by atoms with van der Waals surface area (Å²) in [6.45, 7) is 7.07. The Balaban J connectivity index is 1.30. The summed E-state index contributed by atoms with van der Waals surface area (Å²) in [6, 6.07) is 6.86. The van der Waals surface area contributed by atoms with Gasteiger partial charge in [0.05, 0.1) is 23.8 Å². The van der Waals surface area contributed by atoms with Crippen LogP contribution in [0.1, 0.15) is 94.4 Å². The SMILES string of the molecule is COC(=O)c1c(NC(=O)CCCCCN2C(=O)c3ccccc3C2=O)sc2c1CCC(C(C)(C)C)C2. The summed E-state index contributed by atoms with van der Waals surface area (Å²) in [5, 5.41) is 3.54. The Morgan fingerprint density at radius 2 is 1.75 bits per heavy atom. The van der Waals surface area contributed by atoms with Crippen molar-refractivity contribution in [2.75, 3.05) is 19.0 Å². The van der Waals surface area contributed by atoms with Gasteiger partial charge in [-0.15, -0.1) is 11.3 Å². The molecule has 192 valence electrons. The molecule has 1 unspecified atom stereocenters. The van der Waals surface area contributed by atoms with Crippen molar-refractivity contribution < 1.29 is 23.9 Å². The van der Waals surface area contributed by atoms with Crippen molar-refractivity contribution in [3.63, 3.8) is 0 Å². The molecular formula is C28H34N2O5S. The summed E-state index contributed by atoms with van der Waals surface area (Å²) in [4.78, 5) is 52.6. The van der Waals surface area contributed by atoms with Crippen LogP contribution in [-0.4, -0.2) is 42.2 Å². The number of esters is 1. The number of hydrogen-bond acceptors (Lipinski definition) is 6. The minimum Gasteiger partial charge on any atom is -0.465 e. The number of anilines is 1. The van der Waals surface area contributed by atoms with E-state index in [0.29, 0.717) is 59.8 Å². The van der Waals surface area contributed by atoms with Gasteiger partial charge < -0.3 is 10.1 Å². The number of ether oxygens (including phenoxy) is 1. The quantitative estimate of drug-likeness (QED) is 0.288. The predicted molar refractivity (Wildman–Crippen MR) is 140 cm³/mol. The summed E-state index contributed by atoms with van der Waals surface area (Å²) >= 11 is 1.49. The largest absolute Gasteiger partial charge is 0.465 e. The Morgan fingerprint density at radius 3 is 2.36 bits per heavy atom. The molecule has 0 saturated heterocycles. The first-order chi connectivity index (χ1) is 17.1. The first kappa shape index (κ1) is 26.1. The maximum absolute atomic E-state index is 12.7. The van der Waals surface area contributed by atoms with Crippen molar-refractivity contribution in [2.45, 2.75) is 65.7 Å². The van der Waals surface area contributed by atoms with E-state index in [1.165, 1.54) is 23.3 Å². The smallest absolute Gasteiger partial charge is 0.341 e. The number of fused-ring (bicyclic) bond motifs is 2. The standard InChI is InChI=1S/C28H34N2O5S/c1-28(2,3)17-13-14-20-21(16-17)36-24(23(20)27(34)35-4)29-22(31)12-6-5-9-15-30-25(32)18-10-7-8-11-19(18)26(30)33/h7-8,10-11,17H,5-6,9,12-16H2,1-4H3,(H,29,31). The maximum atomic E-state index is 12.7. The van der Waals surface area contributed by atoms with E-state index in [2.05, 4.69) is 26.1 Å². The lowest BCUT2D eigenvalue weighted by molar-refractivity contribution is -0.116. The number of unbranched alkanes of at least 4 members (excludes halogenated alkanes) is 2. The van der Waals surface area contributed by atoms with Crippen LogP contribution in [0.15, 0.2) is 24.3 Å². The topological polar surface area (TPSA) is 92.8 Å². The van der Waals surface area contributed by atoms with Gasteiger partial charge in [-0.05, 0) is 61.1 Å². The number of methoxy groups -OCH3 is 1. The molecule has 1 aliphatic heterocycles. The predicted octanol–water partition coefficient (Wildman–Crippen LogP) is 5.48. The summed E-state index contributed by atoms with van der Waals surface area (Å²) in [7, 11) is 1.37. The van der Waals surface area contributed by atoms with Crippen LogP contribution < -0.4 is 5.32 Å². The lowest BCUT2D eigenvalue weighted by Gasteiger charge is -2.33. The molecule has 0 saturated carbocycles. The van der Waals surface area contributed by atoms with Crippen molar-refractivity contribution in [3.8, 4) is 0 Å². The van der Waals surface area contributed by atoms with Gasteiger partial charge in [-0.25, -0.2) is 4.79 Å². The highest BCUT2D eigenvalue weighted by atomic mass is 32.1. The average molecular weight is 511 g/mol. The molecule has 3 amide bonds. The third kappa shape index (κ3) is 5.24. The molecule has 8 heteroatoms. The zero-order chi connectivity index (χ0) is 26.0. The Labute approximate surface area is 216 Å².